The number of thiazole rings is 1. The fourth-order valence-corrected chi connectivity index (χ4v) is 5.44. The molecule has 0 bridgehead atoms. The zero-order valence-electron chi connectivity index (χ0n) is 19.7. The summed E-state index contributed by atoms with van der Waals surface area (Å²) in [7, 11) is 0. The average Bonchev–Trinajstić information content (AvgIpc) is 3.19. The quantitative estimate of drug-likeness (QED) is 0.395. The molecule has 0 spiro atoms. The molecular formula is C26H21FN6O3S. The maximum atomic E-state index is 15.5. The molecule has 2 fully saturated rings. The molecule has 0 unspecified atom stereocenters. The van der Waals surface area contributed by atoms with Crippen molar-refractivity contribution in [1.82, 2.24) is 20.5 Å². The first-order valence-electron chi connectivity index (χ1n) is 12.0. The van der Waals surface area contributed by atoms with Crippen LogP contribution in [0, 0.1) is 17.1 Å². The van der Waals surface area contributed by atoms with Crippen LogP contribution in [-0.2, 0) is 22.4 Å². The molecule has 0 atom stereocenters. The number of fused-ring (bicyclic) bond motifs is 1. The van der Waals surface area contributed by atoms with E-state index in [1.807, 2.05) is 24.3 Å². The minimum Gasteiger partial charge on any atom is -0.424 e. The highest BCUT2D eigenvalue weighted by atomic mass is 32.1. The van der Waals surface area contributed by atoms with Crippen LogP contribution in [-0.4, -0.2) is 39.1 Å². The van der Waals surface area contributed by atoms with Gasteiger partial charge in [-0.2, -0.15) is 5.26 Å². The Balaban J connectivity index is 1.17. The summed E-state index contributed by atoms with van der Waals surface area (Å²) < 4.78 is 21.5. The number of aromatic nitrogens is 3. The number of benzene rings is 2. The molecule has 4 aromatic rings. The number of carbonyl (C=O) groups excluding carboxylic acids is 2. The summed E-state index contributed by atoms with van der Waals surface area (Å²) in [4.78, 5) is 30.4. The van der Waals surface area contributed by atoms with E-state index in [1.54, 1.807) is 17.0 Å². The molecule has 2 aromatic carbocycles. The lowest BCUT2D eigenvalue weighted by Gasteiger charge is -2.16. The first-order chi connectivity index (χ1) is 17.9. The summed E-state index contributed by atoms with van der Waals surface area (Å²) in [5.41, 5.74) is 1.78. The van der Waals surface area contributed by atoms with Gasteiger partial charge in [0, 0.05) is 24.2 Å². The van der Waals surface area contributed by atoms with Gasteiger partial charge in [0.2, 0.25) is 23.6 Å². The fraction of sp³-hybridized carbons (Fsp3) is 0.308. The molecule has 1 aliphatic carbocycles. The van der Waals surface area contributed by atoms with Gasteiger partial charge >= 0.3 is 0 Å². The Morgan fingerprint density at radius 1 is 1.19 bits per heavy atom. The molecule has 1 saturated heterocycles. The third-order valence-corrected chi connectivity index (χ3v) is 7.63. The highest BCUT2D eigenvalue weighted by molar-refractivity contribution is 7.18. The van der Waals surface area contributed by atoms with Crippen LogP contribution in [0.5, 0.6) is 0 Å². The number of hydrogen-bond acceptors (Lipinski definition) is 8. The molecular weight excluding hydrogens is 495 g/mol. The molecule has 1 saturated carbocycles. The molecule has 9 nitrogen and oxygen atoms in total. The van der Waals surface area contributed by atoms with E-state index < -0.39 is 5.54 Å². The number of nitrogens with one attached hydrogen (secondary N) is 1. The Morgan fingerprint density at radius 2 is 1.97 bits per heavy atom. The lowest BCUT2D eigenvalue weighted by molar-refractivity contribution is -0.121. The summed E-state index contributed by atoms with van der Waals surface area (Å²) in [6, 6.07) is 12.9. The van der Waals surface area contributed by atoms with Crippen LogP contribution in [0.25, 0.3) is 21.3 Å². The summed E-state index contributed by atoms with van der Waals surface area (Å²) in [5.74, 6) is -0.171. The predicted molar refractivity (Wildman–Crippen MR) is 133 cm³/mol. The van der Waals surface area contributed by atoms with Gasteiger partial charge < -0.3 is 14.6 Å². The van der Waals surface area contributed by atoms with Crippen LogP contribution in [0.4, 0.5) is 10.1 Å². The van der Waals surface area contributed by atoms with Crippen molar-refractivity contribution in [3.8, 4) is 17.2 Å². The van der Waals surface area contributed by atoms with Crippen molar-refractivity contribution >= 4 is 39.1 Å². The first-order valence-corrected chi connectivity index (χ1v) is 12.8. The van der Waals surface area contributed by atoms with E-state index in [2.05, 4.69) is 26.6 Å². The third-order valence-electron chi connectivity index (χ3n) is 6.57. The minimum absolute atomic E-state index is 0.111. The lowest BCUT2D eigenvalue weighted by atomic mass is 10.0. The molecule has 2 amide bonds. The van der Waals surface area contributed by atoms with Gasteiger partial charge in [0.25, 0.3) is 0 Å². The van der Waals surface area contributed by atoms with Gasteiger partial charge in [-0.3, -0.25) is 9.59 Å². The maximum Gasteiger partial charge on any atom is 0.230 e. The van der Waals surface area contributed by atoms with Crippen molar-refractivity contribution in [2.24, 2.45) is 0 Å². The van der Waals surface area contributed by atoms with E-state index >= 15 is 4.39 Å². The topological polar surface area (TPSA) is 125 Å². The number of hydrogen-bond donors (Lipinski definition) is 1. The Bertz CT molecular complexity index is 1570. The molecule has 0 radical (unpaired) electrons. The van der Waals surface area contributed by atoms with E-state index in [4.69, 9.17) is 9.68 Å². The monoisotopic (exact) mass is 516 g/mol. The fourth-order valence-electron chi connectivity index (χ4n) is 4.45. The van der Waals surface area contributed by atoms with Crippen LogP contribution >= 0.6 is 11.3 Å². The number of amides is 2. The van der Waals surface area contributed by atoms with Crippen molar-refractivity contribution in [3.63, 3.8) is 0 Å². The second-order valence-corrected chi connectivity index (χ2v) is 10.3. The maximum absolute atomic E-state index is 15.5. The second kappa shape index (κ2) is 9.05. The Morgan fingerprint density at radius 3 is 2.68 bits per heavy atom. The number of rotatable bonds is 7. The number of carbonyl (C=O) groups is 2. The molecule has 186 valence electrons. The molecule has 3 heterocycles. The average molecular weight is 517 g/mol. The van der Waals surface area contributed by atoms with Crippen LogP contribution in [0.15, 0.2) is 40.8 Å². The van der Waals surface area contributed by atoms with Crippen molar-refractivity contribution in [2.45, 2.75) is 44.1 Å². The van der Waals surface area contributed by atoms with Gasteiger partial charge in [-0.25, -0.2) is 9.37 Å². The largest absolute Gasteiger partial charge is 0.424 e. The number of anilines is 1. The van der Waals surface area contributed by atoms with Gasteiger partial charge in [-0.1, -0.05) is 12.1 Å². The normalized spacial score (nSPS) is 16.2. The van der Waals surface area contributed by atoms with Gasteiger partial charge in [-0.15, -0.1) is 21.5 Å². The molecule has 6 rings (SSSR count). The number of nitriles is 1. The predicted octanol–water partition coefficient (Wildman–Crippen LogP) is 3.92. The minimum atomic E-state index is -0.751. The zero-order valence-corrected chi connectivity index (χ0v) is 20.5. The summed E-state index contributed by atoms with van der Waals surface area (Å²) in [6.45, 7) is 0.707. The Kier molecular flexibility index (Phi) is 5.68. The highest BCUT2D eigenvalue weighted by Crippen LogP contribution is 2.35. The summed E-state index contributed by atoms with van der Waals surface area (Å²) in [6.07, 6.45) is 2.80. The lowest BCUT2D eigenvalue weighted by Crippen LogP contribution is -2.36. The van der Waals surface area contributed by atoms with Gasteiger partial charge in [-0.05, 0) is 49.1 Å². The Hall–Kier alpha value is -4.17. The third kappa shape index (κ3) is 4.56. The van der Waals surface area contributed by atoms with Gasteiger partial charge in [0.1, 0.15) is 22.8 Å². The van der Waals surface area contributed by atoms with Gasteiger partial charge in [0.15, 0.2) is 0 Å². The number of halogens is 1. The molecule has 37 heavy (non-hydrogen) atoms. The molecule has 2 aliphatic rings. The van der Waals surface area contributed by atoms with Crippen LogP contribution in [0.2, 0.25) is 0 Å². The summed E-state index contributed by atoms with van der Waals surface area (Å²) >= 11 is 1.21. The van der Waals surface area contributed by atoms with Crippen molar-refractivity contribution in [2.75, 3.05) is 11.4 Å². The first kappa shape index (κ1) is 23.2. The number of nitrogens with zero attached hydrogens (tertiary/aromatic N) is 5. The van der Waals surface area contributed by atoms with Crippen molar-refractivity contribution in [1.29, 1.82) is 5.26 Å². The van der Waals surface area contributed by atoms with Crippen LogP contribution < -0.4 is 10.2 Å². The SMILES string of the molecule is N#CC1(NC(=O)Cc2nnc(Cc3nc4ccc(-c5ccc(N6CCCC6=O)cc5)c(F)c4s3)o2)CC1. The van der Waals surface area contributed by atoms with Crippen molar-refractivity contribution < 1.29 is 18.4 Å². The van der Waals surface area contributed by atoms with E-state index in [1.165, 1.54) is 11.3 Å². The highest BCUT2D eigenvalue weighted by Gasteiger charge is 2.44. The zero-order chi connectivity index (χ0) is 25.6. The molecule has 1 aliphatic heterocycles. The standard InChI is InChI=1S/C26H21FN6O3S/c27-24-17(15-3-5-16(6-4-15)33-11-1-2-23(33)35)7-8-18-25(24)37-22(29-18)13-21-32-31-20(36-21)12-19(34)30-26(14-28)9-10-26/h3-8H,1-2,9-13H2,(H,30,34). The van der Waals surface area contributed by atoms with E-state index in [0.29, 0.717) is 52.2 Å². The van der Waals surface area contributed by atoms with Crippen molar-refractivity contribution in [3.05, 3.63) is 59.0 Å². The van der Waals surface area contributed by atoms with E-state index in [0.717, 1.165) is 12.1 Å². The smallest absolute Gasteiger partial charge is 0.230 e. The molecule has 2 aromatic heterocycles. The van der Waals surface area contributed by atoms with Gasteiger partial charge in [0.05, 0.1) is 22.7 Å². The van der Waals surface area contributed by atoms with E-state index in [9.17, 15) is 9.59 Å². The molecule has 11 heteroatoms. The summed E-state index contributed by atoms with van der Waals surface area (Å²) in [5, 5.41) is 20.3. The van der Waals surface area contributed by atoms with Crippen LogP contribution in [0.3, 0.4) is 0 Å². The van der Waals surface area contributed by atoms with Crippen LogP contribution in [0.1, 0.15) is 42.5 Å². The van der Waals surface area contributed by atoms with E-state index in [-0.39, 0.29) is 42.3 Å². The Labute approximate surface area is 214 Å². The molecule has 1 N–H and O–H groups in total. The second-order valence-electron chi connectivity index (χ2n) is 9.26.